The van der Waals surface area contributed by atoms with Gasteiger partial charge < -0.3 is 14.3 Å². The highest BCUT2D eigenvalue weighted by molar-refractivity contribution is 5.79. The minimum absolute atomic E-state index is 0.208. The van der Waals surface area contributed by atoms with Crippen LogP contribution in [-0.4, -0.2) is 22.7 Å². The first-order valence-corrected chi connectivity index (χ1v) is 11.6. The Hall–Kier alpha value is -3.86. The molecule has 0 atom stereocenters. The lowest BCUT2D eigenvalue weighted by atomic mass is 10.0. The van der Waals surface area contributed by atoms with Gasteiger partial charge in [0, 0.05) is 23.1 Å². The molecule has 0 saturated heterocycles. The number of aromatic nitrogens is 1. The number of unbranched alkanes of at least 4 members (excludes halogenated alkanes) is 2. The molecular weight excluding hydrogens is 426 g/mol. The SMILES string of the molecule is Cc1ccc(-c2nc(-c3ccc(OCCCCCC(=O)O)cc3)oc2-c2ccc(C)cc2)cc1. The van der Waals surface area contributed by atoms with Gasteiger partial charge in [-0.25, -0.2) is 4.98 Å². The van der Waals surface area contributed by atoms with E-state index in [1.807, 2.05) is 24.3 Å². The maximum absolute atomic E-state index is 10.6. The van der Waals surface area contributed by atoms with Gasteiger partial charge in [-0.05, 0) is 57.4 Å². The molecule has 0 aliphatic heterocycles. The standard InChI is InChI=1S/C29H29NO4/c1-20-7-11-22(12-8-20)27-28(23-13-9-21(2)10-14-23)34-29(30-27)24-15-17-25(18-16-24)33-19-5-3-4-6-26(31)32/h7-18H,3-6,19H2,1-2H3,(H,31,32). The number of aliphatic carboxylic acids is 1. The van der Waals surface area contributed by atoms with E-state index in [4.69, 9.17) is 19.2 Å². The lowest BCUT2D eigenvalue weighted by molar-refractivity contribution is -0.137. The lowest BCUT2D eigenvalue weighted by Gasteiger charge is -2.06. The van der Waals surface area contributed by atoms with Gasteiger partial charge in [0.25, 0.3) is 0 Å². The second-order valence-corrected chi connectivity index (χ2v) is 8.51. The van der Waals surface area contributed by atoms with Gasteiger partial charge in [0.05, 0.1) is 6.61 Å². The highest BCUT2D eigenvalue weighted by Gasteiger charge is 2.18. The van der Waals surface area contributed by atoms with Crippen LogP contribution in [0.4, 0.5) is 0 Å². The van der Waals surface area contributed by atoms with E-state index in [1.54, 1.807) is 0 Å². The number of carbonyl (C=O) groups is 1. The molecule has 0 aliphatic carbocycles. The van der Waals surface area contributed by atoms with E-state index >= 15 is 0 Å². The maximum Gasteiger partial charge on any atom is 0.303 e. The quantitative estimate of drug-likeness (QED) is 0.254. The first-order chi connectivity index (χ1) is 16.5. The zero-order valence-corrected chi connectivity index (χ0v) is 19.6. The average Bonchev–Trinajstić information content (AvgIpc) is 3.28. The third kappa shape index (κ3) is 5.93. The van der Waals surface area contributed by atoms with Crippen molar-refractivity contribution in [2.24, 2.45) is 0 Å². The van der Waals surface area contributed by atoms with Crippen molar-refractivity contribution in [1.29, 1.82) is 0 Å². The van der Waals surface area contributed by atoms with Crippen LogP contribution in [0, 0.1) is 13.8 Å². The topological polar surface area (TPSA) is 72.6 Å². The number of ether oxygens (including phenoxy) is 1. The monoisotopic (exact) mass is 455 g/mol. The van der Waals surface area contributed by atoms with Crippen LogP contribution in [0.2, 0.25) is 0 Å². The van der Waals surface area contributed by atoms with E-state index in [1.165, 1.54) is 11.1 Å². The Kier molecular flexibility index (Phi) is 7.43. The molecule has 4 rings (SSSR count). The molecule has 174 valence electrons. The van der Waals surface area contributed by atoms with Crippen LogP contribution >= 0.6 is 0 Å². The van der Waals surface area contributed by atoms with Crippen molar-refractivity contribution in [2.75, 3.05) is 6.61 Å². The Morgan fingerprint density at radius 2 is 1.38 bits per heavy atom. The largest absolute Gasteiger partial charge is 0.494 e. The predicted octanol–water partition coefficient (Wildman–Crippen LogP) is 7.32. The molecule has 5 heteroatoms. The number of hydrogen-bond donors (Lipinski definition) is 1. The molecule has 0 unspecified atom stereocenters. The van der Waals surface area contributed by atoms with Gasteiger partial charge >= 0.3 is 5.97 Å². The first kappa shape index (κ1) is 23.3. The Balaban J connectivity index is 1.52. The number of benzene rings is 3. The number of carboxylic acids is 1. The number of nitrogens with zero attached hydrogens (tertiary/aromatic N) is 1. The molecule has 1 aromatic heterocycles. The molecule has 0 radical (unpaired) electrons. The smallest absolute Gasteiger partial charge is 0.303 e. The van der Waals surface area contributed by atoms with Crippen LogP contribution < -0.4 is 4.74 Å². The highest BCUT2D eigenvalue weighted by atomic mass is 16.5. The van der Waals surface area contributed by atoms with E-state index in [2.05, 4.69) is 62.4 Å². The Labute approximate surface area is 200 Å². The minimum atomic E-state index is -0.751. The zero-order valence-electron chi connectivity index (χ0n) is 19.6. The summed E-state index contributed by atoms with van der Waals surface area (Å²) in [7, 11) is 0. The van der Waals surface area contributed by atoms with Crippen molar-refractivity contribution in [2.45, 2.75) is 39.5 Å². The number of aryl methyl sites for hydroxylation is 2. The lowest BCUT2D eigenvalue weighted by Crippen LogP contribution is -1.99. The number of carboxylic acid groups (broad SMARTS) is 1. The summed E-state index contributed by atoms with van der Waals surface area (Å²) in [6.45, 7) is 4.70. The van der Waals surface area contributed by atoms with Crippen LogP contribution in [0.15, 0.2) is 77.2 Å². The Morgan fingerprint density at radius 1 is 0.794 bits per heavy atom. The molecule has 0 bridgehead atoms. The summed E-state index contributed by atoms with van der Waals surface area (Å²) in [4.78, 5) is 15.4. The fraction of sp³-hybridized carbons (Fsp3) is 0.241. The summed E-state index contributed by atoms with van der Waals surface area (Å²) in [5.41, 5.74) is 6.09. The first-order valence-electron chi connectivity index (χ1n) is 11.6. The van der Waals surface area contributed by atoms with Crippen LogP contribution in [-0.2, 0) is 4.79 Å². The summed E-state index contributed by atoms with van der Waals surface area (Å²) in [6.07, 6.45) is 2.55. The fourth-order valence-corrected chi connectivity index (χ4v) is 3.69. The minimum Gasteiger partial charge on any atom is -0.494 e. The molecule has 0 fully saturated rings. The molecular formula is C29H29NO4. The maximum atomic E-state index is 10.6. The summed E-state index contributed by atoms with van der Waals surface area (Å²) in [5, 5.41) is 8.69. The van der Waals surface area contributed by atoms with Gasteiger partial charge in [0.15, 0.2) is 5.76 Å². The van der Waals surface area contributed by atoms with Gasteiger partial charge in [-0.3, -0.25) is 4.79 Å². The van der Waals surface area contributed by atoms with E-state index in [0.29, 0.717) is 18.9 Å². The summed E-state index contributed by atoms with van der Waals surface area (Å²) >= 11 is 0. The molecule has 1 N–H and O–H groups in total. The summed E-state index contributed by atoms with van der Waals surface area (Å²) in [6, 6.07) is 24.3. The van der Waals surface area contributed by atoms with Crippen molar-refractivity contribution in [3.05, 3.63) is 83.9 Å². The number of rotatable bonds is 10. The van der Waals surface area contributed by atoms with Gasteiger partial charge in [0.2, 0.25) is 5.89 Å². The molecule has 34 heavy (non-hydrogen) atoms. The molecule has 1 heterocycles. The van der Waals surface area contributed by atoms with Gasteiger partial charge in [-0.15, -0.1) is 0 Å². The van der Waals surface area contributed by atoms with Crippen molar-refractivity contribution >= 4 is 5.97 Å². The van der Waals surface area contributed by atoms with Gasteiger partial charge in [-0.2, -0.15) is 0 Å². The molecule has 0 aliphatic rings. The van der Waals surface area contributed by atoms with Gasteiger partial charge in [-0.1, -0.05) is 59.7 Å². The predicted molar refractivity (Wildman–Crippen MR) is 134 cm³/mol. The fourth-order valence-electron chi connectivity index (χ4n) is 3.69. The van der Waals surface area contributed by atoms with E-state index in [0.717, 1.165) is 46.7 Å². The average molecular weight is 456 g/mol. The van der Waals surface area contributed by atoms with Crippen molar-refractivity contribution in [3.63, 3.8) is 0 Å². The van der Waals surface area contributed by atoms with Crippen LogP contribution in [0.3, 0.4) is 0 Å². The number of oxazole rings is 1. The van der Waals surface area contributed by atoms with Crippen LogP contribution in [0.25, 0.3) is 34.0 Å². The van der Waals surface area contributed by atoms with Gasteiger partial charge in [0.1, 0.15) is 11.4 Å². The second-order valence-electron chi connectivity index (χ2n) is 8.51. The number of hydrogen-bond acceptors (Lipinski definition) is 4. The van der Waals surface area contributed by atoms with E-state index in [9.17, 15) is 4.79 Å². The second kappa shape index (κ2) is 10.8. The summed E-state index contributed by atoms with van der Waals surface area (Å²) in [5.74, 6) is 1.33. The van der Waals surface area contributed by atoms with Crippen LogP contribution in [0.1, 0.15) is 36.8 Å². The van der Waals surface area contributed by atoms with Crippen molar-refractivity contribution in [1.82, 2.24) is 4.98 Å². The molecule has 5 nitrogen and oxygen atoms in total. The van der Waals surface area contributed by atoms with E-state index in [-0.39, 0.29) is 6.42 Å². The normalized spacial score (nSPS) is 10.9. The Bertz CT molecular complexity index is 1160. The molecule has 3 aromatic carbocycles. The van der Waals surface area contributed by atoms with Crippen molar-refractivity contribution in [3.8, 4) is 39.8 Å². The molecule has 4 aromatic rings. The third-order valence-corrected chi connectivity index (χ3v) is 5.67. The summed E-state index contributed by atoms with van der Waals surface area (Å²) < 4.78 is 12.1. The molecule has 0 spiro atoms. The molecule has 0 amide bonds. The Morgan fingerprint density at radius 3 is 2.00 bits per heavy atom. The van der Waals surface area contributed by atoms with Crippen LogP contribution in [0.5, 0.6) is 5.75 Å². The zero-order chi connectivity index (χ0) is 23.9. The highest BCUT2D eigenvalue weighted by Crippen LogP contribution is 2.36. The van der Waals surface area contributed by atoms with Crippen molar-refractivity contribution < 1.29 is 19.1 Å². The van der Waals surface area contributed by atoms with E-state index < -0.39 is 5.97 Å². The third-order valence-electron chi connectivity index (χ3n) is 5.67. The molecule has 0 saturated carbocycles.